The molecule has 24 heavy (non-hydrogen) atoms. The summed E-state index contributed by atoms with van der Waals surface area (Å²) < 4.78 is 0. The fourth-order valence-electron chi connectivity index (χ4n) is 3.82. The minimum Gasteiger partial charge on any atom is -0.395 e. The summed E-state index contributed by atoms with van der Waals surface area (Å²) in [5.74, 6) is 0. The van der Waals surface area contributed by atoms with Crippen LogP contribution in [0.3, 0.4) is 0 Å². The minimum absolute atomic E-state index is 0.260. The van der Waals surface area contributed by atoms with Gasteiger partial charge in [0, 0.05) is 48.6 Å². The lowest BCUT2D eigenvalue weighted by atomic mass is 9.96. The maximum absolute atomic E-state index is 9.15. The maximum Gasteiger partial charge on any atom is 0.0558 e. The summed E-state index contributed by atoms with van der Waals surface area (Å²) in [4.78, 5) is 7.79. The van der Waals surface area contributed by atoms with Crippen LogP contribution in [0.4, 0.5) is 0 Å². The molecule has 0 bridgehead atoms. The molecule has 2 heterocycles. The number of aliphatic hydroxyl groups excluding tert-OH is 1. The number of nitrogens with zero attached hydrogens (tertiary/aromatic N) is 2. The lowest BCUT2D eigenvalue weighted by molar-refractivity contribution is 0.0823. The van der Waals surface area contributed by atoms with Gasteiger partial charge in [-0.25, -0.2) is 0 Å². The van der Waals surface area contributed by atoms with Gasteiger partial charge in [-0.2, -0.15) is 0 Å². The van der Waals surface area contributed by atoms with Crippen LogP contribution in [-0.4, -0.2) is 54.2 Å². The molecule has 0 radical (unpaired) electrons. The second-order valence-corrected chi connectivity index (χ2v) is 7.65. The van der Waals surface area contributed by atoms with E-state index in [1.165, 1.54) is 20.9 Å². The van der Waals surface area contributed by atoms with E-state index in [4.69, 9.17) is 5.11 Å². The molecule has 0 amide bonds. The van der Waals surface area contributed by atoms with E-state index in [0.717, 1.165) is 39.1 Å². The first-order chi connectivity index (χ1) is 11.8. The quantitative estimate of drug-likeness (QED) is 0.929. The number of fused-ring (bicyclic) bond motifs is 2. The summed E-state index contributed by atoms with van der Waals surface area (Å²) in [6, 6.07) is 18.2. The average Bonchev–Trinajstić information content (AvgIpc) is 2.79. The van der Waals surface area contributed by atoms with Crippen molar-refractivity contribution in [3.05, 3.63) is 59.7 Å². The van der Waals surface area contributed by atoms with Crippen LogP contribution in [0, 0.1) is 0 Å². The van der Waals surface area contributed by atoms with Gasteiger partial charge in [0.05, 0.1) is 6.61 Å². The van der Waals surface area contributed by atoms with E-state index < -0.39 is 0 Å². The highest BCUT2D eigenvalue weighted by atomic mass is 32.2. The van der Waals surface area contributed by atoms with E-state index >= 15 is 0 Å². The number of β-amino-alcohol motifs (C(OH)–C–C–N with tert-alkyl or cyclic N) is 1. The smallest absolute Gasteiger partial charge is 0.0558 e. The second-order valence-electron chi connectivity index (χ2n) is 6.57. The zero-order chi connectivity index (χ0) is 16.4. The Labute approximate surface area is 148 Å². The van der Waals surface area contributed by atoms with Crippen LogP contribution in [0.15, 0.2) is 58.3 Å². The van der Waals surface area contributed by atoms with Gasteiger partial charge in [0.1, 0.15) is 0 Å². The topological polar surface area (TPSA) is 26.7 Å². The molecule has 0 aromatic heterocycles. The zero-order valence-corrected chi connectivity index (χ0v) is 14.7. The summed E-state index contributed by atoms with van der Waals surface area (Å²) in [6.45, 7) is 5.31. The molecular weight excluding hydrogens is 316 g/mol. The fraction of sp³-hybridized carbons (Fsp3) is 0.400. The third-order valence-electron chi connectivity index (χ3n) is 5.15. The molecule has 0 saturated carbocycles. The lowest BCUT2D eigenvalue weighted by Gasteiger charge is -2.39. The Hall–Kier alpha value is -1.33. The third-order valence-corrected chi connectivity index (χ3v) is 6.36. The number of aliphatic hydroxyl groups is 1. The molecule has 2 aliphatic heterocycles. The van der Waals surface area contributed by atoms with E-state index in [9.17, 15) is 0 Å². The van der Waals surface area contributed by atoms with Crippen LogP contribution in [0.25, 0.3) is 0 Å². The van der Waals surface area contributed by atoms with E-state index in [1.807, 2.05) is 11.8 Å². The van der Waals surface area contributed by atoms with E-state index in [0.29, 0.717) is 6.04 Å². The molecule has 1 N–H and O–H groups in total. The van der Waals surface area contributed by atoms with Gasteiger partial charge in [-0.3, -0.25) is 9.80 Å². The van der Waals surface area contributed by atoms with Crippen molar-refractivity contribution in [1.29, 1.82) is 0 Å². The van der Waals surface area contributed by atoms with Crippen molar-refractivity contribution in [2.24, 2.45) is 0 Å². The standard InChI is InChI=1S/C20H24N2OS/c23-14-13-21-9-11-22(12-10-21)18-15-16-5-1-3-7-19(16)24-20-8-4-2-6-17(18)20/h1-8,18,23H,9-15H2. The van der Waals surface area contributed by atoms with E-state index in [1.54, 1.807) is 0 Å². The molecule has 0 aliphatic carbocycles. The molecule has 4 rings (SSSR count). The van der Waals surface area contributed by atoms with Gasteiger partial charge in [-0.05, 0) is 29.7 Å². The van der Waals surface area contributed by atoms with Gasteiger partial charge < -0.3 is 5.11 Å². The highest BCUT2D eigenvalue weighted by Gasteiger charge is 2.29. The molecule has 1 saturated heterocycles. The molecule has 1 atom stereocenters. The molecule has 2 aliphatic rings. The van der Waals surface area contributed by atoms with Crippen LogP contribution in [0.1, 0.15) is 17.2 Å². The van der Waals surface area contributed by atoms with Crippen LogP contribution >= 0.6 is 11.8 Å². The monoisotopic (exact) mass is 340 g/mol. The van der Waals surface area contributed by atoms with Crippen molar-refractivity contribution in [3.8, 4) is 0 Å². The van der Waals surface area contributed by atoms with E-state index in [-0.39, 0.29) is 6.61 Å². The summed E-state index contributed by atoms with van der Waals surface area (Å²) in [7, 11) is 0. The average molecular weight is 340 g/mol. The van der Waals surface area contributed by atoms with Gasteiger partial charge in [0.15, 0.2) is 0 Å². The first kappa shape index (κ1) is 16.2. The Morgan fingerprint density at radius 3 is 2.42 bits per heavy atom. The number of benzene rings is 2. The Morgan fingerprint density at radius 2 is 1.62 bits per heavy atom. The Kier molecular flexibility index (Phi) is 4.90. The number of hydrogen-bond acceptors (Lipinski definition) is 4. The molecule has 3 nitrogen and oxygen atoms in total. The number of hydrogen-bond donors (Lipinski definition) is 1. The van der Waals surface area contributed by atoms with Crippen LogP contribution < -0.4 is 0 Å². The molecular formula is C20H24N2OS. The zero-order valence-electron chi connectivity index (χ0n) is 13.9. The third kappa shape index (κ3) is 3.24. The van der Waals surface area contributed by atoms with Gasteiger partial charge in [-0.1, -0.05) is 48.2 Å². The molecule has 2 aromatic carbocycles. The Balaban J connectivity index is 1.62. The summed E-state index contributed by atoms with van der Waals surface area (Å²) in [6.07, 6.45) is 1.08. The number of piperazine rings is 1. The highest BCUT2D eigenvalue weighted by Crippen LogP contribution is 2.42. The van der Waals surface area contributed by atoms with Crippen LogP contribution in [0.5, 0.6) is 0 Å². The predicted octanol–water partition coefficient (Wildman–Crippen LogP) is 3.04. The normalized spacial score (nSPS) is 21.8. The summed E-state index contributed by atoms with van der Waals surface area (Å²) in [5.41, 5.74) is 2.93. The minimum atomic E-state index is 0.260. The van der Waals surface area contributed by atoms with Crippen molar-refractivity contribution in [2.45, 2.75) is 22.3 Å². The molecule has 4 heteroatoms. The van der Waals surface area contributed by atoms with Gasteiger partial charge >= 0.3 is 0 Å². The van der Waals surface area contributed by atoms with E-state index in [2.05, 4.69) is 58.3 Å². The second kappa shape index (κ2) is 7.28. The van der Waals surface area contributed by atoms with Crippen molar-refractivity contribution in [2.75, 3.05) is 39.3 Å². The Bertz CT molecular complexity index is 698. The van der Waals surface area contributed by atoms with Gasteiger partial charge in [0.2, 0.25) is 0 Å². The van der Waals surface area contributed by atoms with Crippen molar-refractivity contribution < 1.29 is 5.11 Å². The number of rotatable bonds is 3. The first-order valence-electron chi connectivity index (χ1n) is 8.77. The predicted molar refractivity (Wildman–Crippen MR) is 98.6 cm³/mol. The lowest BCUT2D eigenvalue weighted by Crippen LogP contribution is -2.48. The van der Waals surface area contributed by atoms with Gasteiger partial charge in [-0.15, -0.1) is 0 Å². The highest BCUT2D eigenvalue weighted by molar-refractivity contribution is 7.99. The summed E-state index contributed by atoms with van der Waals surface area (Å²) in [5, 5.41) is 9.15. The molecule has 2 aromatic rings. The Morgan fingerprint density at radius 1 is 0.917 bits per heavy atom. The summed E-state index contributed by atoms with van der Waals surface area (Å²) >= 11 is 1.91. The molecule has 126 valence electrons. The molecule has 1 unspecified atom stereocenters. The van der Waals surface area contributed by atoms with Crippen LogP contribution in [-0.2, 0) is 6.42 Å². The van der Waals surface area contributed by atoms with Crippen LogP contribution in [0.2, 0.25) is 0 Å². The van der Waals surface area contributed by atoms with Crippen molar-refractivity contribution >= 4 is 11.8 Å². The van der Waals surface area contributed by atoms with Crippen molar-refractivity contribution in [1.82, 2.24) is 9.80 Å². The molecule has 1 fully saturated rings. The SMILES string of the molecule is OCCN1CCN(C2Cc3ccccc3Sc3ccccc32)CC1. The molecule has 0 spiro atoms. The van der Waals surface area contributed by atoms with Crippen molar-refractivity contribution in [3.63, 3.8) is 0 Å². The fourth-order valence-corrected chi connectivity index (χ4v) is 4.96. The maximum atomic E-state index is 9.15. The largest absolute Gasteiger partial charge is 0.395 e. The van der Waals surface area contributed by atoms with Gasteiger partial charge in [0.25, 0.3) is 0 Å². The first-order valence-corrected chi connectivity index (χ1v) is 9.59.